The molecule has 3 unspecified atom stereocenters. The molecule has 6 nitrogen and oxygen atoms in total. The van der Waals surface area contributed by atoms with Crippen LogP contribution in [0, 0.1) is 5.92 Å². The fourth-order valence-corrected chi connectivity index (χ4v) is 2.38. The van der Waals surface area contributed by atoms with Crippen LogP contribution in [0.25, 0.3) is 0 Å². The second-order valence-electron chi connectivity index (χ2n) is 4.95. The van der Waals surface area contributed by atoms with Crippen molar-refractivity contribution in [3.8, 4) is 0 Å². The number of amides is 1. The Morgan fingerprint density at radius 2 is 2.37 bits per heavy atom. The highest BCUT2D eigenvalue weighted by molar-refractivity contribution is 5.87. The molecule has 1 aromatic rings. The van der Waals surface area contributed by atoms with Crippen molar-refractivity contribution < 1.29 is 9.53 Å². The Morgan fingerprint density at radius 1 is 1.63 bits per heavy atom. The van der Waals surface area contributed by atoms with E-state index in [-0.39, 0.29) is 30.0 Å². The number of nitrogens with one attached hydrogen (secondary N) is 1. The molecule has 0 saturated carbocycles. The average Bonchev–Trinajstić information content (AvgIpc) is 2.70. The third-order valence-electron chi connectivity index (χ3n) is 3.32. The molecular formula is C13H19N3O3. The lowest BCUT2D eigenvalue weighted by Gasteiger charge is -2.18. The molecule has 2 rings (SSSR count). The Labute approximate surface area is 111 Å². The molecule has 19 heavy (non-hydrogen) atoms. The van der Waals surface area contributed by atoms with E-state index in [1.807, 2.05) is 0 Å². The number of hydrogen-bond donors (Lipinski definition) is 1. The monoisotopic (exact) mass is 265 g/mol. The lowest BCUT2D eigenvalue weighted by Crippen LogP contribution is -2.29. The van der Waals surface area contributed by atoms with E-state index < -0.39 is 5.69 Å². The zero-order valence-corrected chi connectivity index (χ0v) is 11.4. The molecule has 0 bridgehead atoms. The molecule has 1 amide bonds. The summed E-state index contributed by atoms with van der Waals surface area (Å²) >= 11 is 0. The Kier molecular flexibility index (Phi) is 3.99. The number of anilines is 1. The number of hydrogen-bond acceptors (Lipinski definition) is 4. The van der Waals surface area contributed by atoms with Crippen LogP contribution in [0.1, 0.15) is 39.8 Å². The van der Waals surface area contributed by atoms with E-state index in [4.69, 9.17) is 4.74 Å². The average molecular weight is 265 g/mol. The molecule has 1 fully saturated rings. The predicted molar refractivity (Wildman–Crippen MR) is 70.8 cm³/mol. The topological polar surface area (TPSA) is 73.2 Å². The van der Waals surface area contributed by atoms with Crippen LogP contribution in [-0.2, 0) is 9.53 Å². The van der Waals surface area contributed by atoms with Gasteiger partial charge in [-0.05, 0) is 18.9 Å². The van der Waals surface area contributed by atoms with Crippen molar-refractivity contribution in [1.29, 1.82) is 0 Å². The highest BCUT2D eigenvalue weighted by atomic mass is 16.5. The maximum atomic E-state index is 12.0. The van der Waals surface area contributed by atoms with Crippen molar-refractivity contribution in [3.05, 3.63) is 22.7 Å². The van der Waals surface area contributed by atoms with Gasteiger partial charge >= 0.3 is 5.69 Å². The number of carbonyl (C=O) groups excluding carboxylic acids is 1. The third-order valence-corrected chi connectivity index (χ3v) is 3.32. The second-order valence-corrected chi connectivity index (χ2v) is 4.95. The van der Waals surface area contributed by atoms with Gasteiger partial charge in [0.2, 0.25) is 5.91 Å². The maximum absolute atomic E-state index is 12.0. The van der Waals surface area contributed by atoms with Gasteiger partial charge in [-0.1, -0.05) is 13.8 Å². The molecule has 1 aliphatic rings. The molecule has 0 aliphatic carbocycles. The van der Waals surface area contributed by atoms with E-state index in [9.17, 15) is 9.59 Å². The summed E-state index contributed by atoms with van der Waals surface area (Å²) in [6.07, 6.45) is 3.44. The van der Waals surface area contributed by atoms with Crippen molar-refractivity contribution in [2.75, 3.05) is 5.32 Å². The number of nitrogens with zero attached hydrogens (tertiary/aromatic N) is 2. The van der Waals surface area contributed by atoms with Crippen molar-refractivity contribution in [2.45, 2.75) is 45.9 Å². The zero-order valence-electron chi connectivity index (χ0n) is 11.4. The van der Waals surface area contributed by atoms with E-state index in [1.54, 1.807) is 12.3 Å². The molecule has 1 N–H and O–H groups in total. The molecule has 1 aliphatic heterocycles. The Morgan fingerprint density at radius 3 is 2.89 bits per heavy atom. The number of ether oxygens (including phenoxy) is 1. The fraction of sp³-hybridized carbons (Fsp3) is 0.615. The van der Waals surface area contributed by atoms with E-state index in [0.717, 1.165) is 12.8 Å². The summed E-state index contributed by atoms with van der Waals surface area (Å²) < 4.78 is 7.34. The first kappa shape index (κ1) is 13.7. The molecule has 1 saturated heterocycles. The molecule has 0 radical (unpaired) electrons. The van der Waals surface area contributed by atoms with Crippen LogP contribution in [0.3, 0.4) is 0 Å². The van der Waals surface area contributed by atoms with Gasteiger partial charge in [-0.15, -0.1) is 0 Å². The van der Waals surface area contributed by atoms with Crippen LogP contribution in [0.15, 0.2) is 17.1 Å². The summed E-state index contributed by atoms with van der Waals surface area (Å²) in [7, 11) is 0. The Bertz CT molecular complexity index is 526. The number of aromatic nitrogens is 2. The van der Waals surface area contributed by atoms with Crippen LogP contribution >= 0.6 is 0 Å². The quantitative estimate of drug-likeness (QED) is 0.899. The Hall–Kier alpha value is -1.69. The minimum Gasteiger partial charge on any atom is -0.354 e. The second kappa shape index (κ2) is 5.52. The summed E-state index contributed by atoms with van der Waals surface area (Å²) in [6.45, 7) is 5.51. The van der Waals surface area contributed by atoms with E-state index in [1.165, 1.54) is 11.5 Å². The normalized spacial score (nSPS) is 26.4. The molecular weight excluding hydrogens is 246 g/mol. The van der Waals surface area contributed by atoms with Gasteiger partial charge in [0, 0.05) is 19.0 Å². The minimum atomic E-state index is -0.403. The van der Waals surface area contributed by atoms with Gasteiger partial charge in [0.15, 0.2) is 0 Å². The van der Waals surface area contributed by atoms with Crippen molar-refractivity contribution in [2.24, 2.45) is 5.92 Å². The van der Waals surface area contributed by atoms with Crippen LogP contribution in [0.2, 0.25) is 0 Å². The van der Waals surface area contributed by atoms with E-state index >= 15 is 0 Å². The van der Waals surface area contributed by atoms with E-state index in [2.05, 4.69) is 24.1 Å². The van der Waals surface area contributed by atoms with Crippen LogP contribution in [-0.4, -0.2) is 21.6 Å². The SMILES string of the molecule is CCC1CC(C)C(n2ccc(NC(C)=O)nc2=O)O1. The van der Waals surface area contributed by atoms with Crippen LogP contribution in [0.5, 0.6) is 0 Å². The third kappa shape index (κ3) is 3.01. The molecule has 0 aromatic carbocycles. The summed E-state index contributed by atoms with van der Waals surface area (Å²) in [5, 5.41) is 2.49. The van der Waals surface area contributed by atoms with Crippen molar-refractivity contribution in [1.82, 2.24) is 9.55 Å². The highest BCUT2D eigenvalue weighted by Crippen LogP contribution is 2.34. The summed E-state index contributed by atoms with van der Waals surface area (Å²) in [4.78, 5) is 26.7. The maximum Gasteiger partial charge on any atom is 0.351 e. The zero-order chi connectivity index (χ0) is 14.0. The van der Waals surface area contributed by atoms with Gasteiger partial charge in [-0.3, -0.25) is 9.36 Å². The molecule has 1 aromatic heterocycles. The molecule has 3 atom stereocenters. The first-order chi connectivity index (χ1) is 9.01. The largest absolute Gasteiger partial charge is 0.354 e. The highest BCUT2D eigenvalue weighted by Gasteiger charge is 2.33. The Balaban J connectivity index is 2.22. The van der Waals surface area contributed by atoms with Gasteiger partial charge in [0.1, 0.15) is 12.0 Å². The van der Waals surface area contributed by atoms with Crippen LogP contribution < -0.4 is 11.0 Å². The first-order valence-corrected chi connectivity index (χ1v) is 6.53. The molecule has 104 valence electrons. The standard InChI is InChI=1S/C13H19N3O3/c1-4-10-7-8(2)12(19-10)16-6-5-11(14-9(3)17)15-13(16)18/h5-6,8,10,12H,4,7H2,1-3H3,(H,14,15,17,18). The summed E-state index contributed by atoms with van der Waals surface area (Å²) in [6, 6.07) is 1.61. The number of rotatable bonds is 3. The number of carbonyl (C=O) groups is 1. The van der Waals surface area contributed by atoms with Gasteiger partial charge in [-0.2, -0.15) is 4.98 Å². The van der Waals surface area contributed by atoms with Crippen molar-refractivity contribution >= 4 is 11.7 Å². The van der Waals surface area contributed by atoms with Gasteiger partial charge in [-0.25, -0.2) is 4.79 Å². The minimum absolute atomic E-state index is 0.196. The van der Waals surface area contributed by atoms with Crippen molar-refractivity contribution in [3.63, 3.8) is 0 Å². The molecule has 6 heteroatoms. The van der Waals surface area contributed by atoms with Gasteiger partial charge in [0.25, 0.3) is 0 Å². The lowest BCUT2D eigenvalue weighted by atomic mass is 10.0. The molecule has 2 heterocycles. The summed E-state index contributed by atoms with van der Waals surface area (Å²) in [5.74, 6) is 0.295. The predicted octanol–water partition coefficient (Wildman–Crippen LogP) is 1.54. The van der Waals surface area contributed by atoms with E-state index in [0.29, 0.717) is 0 Å². The van der Waals surface area contributed by atoms with Crippen LogP contribution in [0.4, 0.5) is 5.82 Å². The smallest absolute Gasteiger partial charge is 0.351 e. The fourth-order valence-electron chi connectivity index (χ4n) is 2.38. The van der Waals surface area contributed by atoms with Gasteiger partial charge < -0.3 is 10.1 Å². The lowest BCUT2D eigenvalue weighted by molar-refractivity contribution is -0.114. The molecule has 0 spiro atoms. The van der Waals surface area contributed by atoms with Gasteiger partial charge in [0.05, 0.1) is 6.10 Å². The summed E-state index contributed by atoms with van der Waals surface area (Å²) in [5.41, 5.74) is -0.403. The first-order valence-electron chi connectivity index (χ1n) is 6.53.